The number of fused-ring (bicyclic) bond motifs is 1. The van der Waals surface area contributed by atoms with Crippen molar-refractivity contribution in [1.82, 2.24) is 4.57 Å². The molecular weight excluding hydrogens is 246 g/mol. The lowest BCUT2D eigenvalue weighted by Crippen LogP contribution is -2.22. The van der Waals surface area contributed by atoms with Crippen LogP contribution in [0.3, 0.4) is 0 Å². The molecule has 1 heterocycles. The van der Waals surface area contributed by atoms with Gasteiger partial charge in [-0.1, -0.05) is 19.8 Å². The van der Waals surface area contributed by atoms with Crippen molar-refractivity contribution >= 4 is 0 Å². The van der Waals surface area contributed by atoms with Crippen molar-refractivity contribution in [2.24, 2.45) is 5.92 Å². The first-order valence-electron chi connectivity index (χ1n) is 8.59. The maximum atomic E-state index is 10.2. The van der Waals surface area contributed by atoms with Crippen molar-refractivity contribution in [2.75, 3.05) is 0 Å². The Hall–Kier alpha value is -0.760. The first-order valence-corrected chi connectivity index (χ1v) is 8.59. The second kappa shape index (κ2) is 5.93. The molecule has 0 amide bonds. The van der Waals surface area contributed by atoms with E-state index in [1.165, 1.54) is 55.5 Å². The molecule has 2 nitrogen and oxygen atoms in total. The maximum Gasteiger partial charge on any atom is 0.0807 e. The van der Waals surface area contributed by atoms with Gasteiger partial charge in [0.15, 0.2) is 0 Å². The molecule has 1 atom stereocenters. The van der Waals surface area contributed by atoms with Crippen molar-refractivity contribution < 1.29 is 5.11 Å². The minimum absolute atomic E-state index is 0.213. The molecule has 3 rings (SSSR count). The fourth-order valence-corrected chi connectivity index (χ4v) is 4.51. The van der Waals surface area contributed by atoms with Gasteiger partial charge >= 0.3 is 0 Å². The summed E-state index contributed by atoms with van der Waals surface area (Å²) in [6.45, 7) is 4.53. The van der Waals surface area contributed by atoms with Crippen LogP contribution in [0.15, 0.2) is 6.07 Å². The molecule has 2 aliphatic rings. The Morgan fingerprint density at radius 1 is 1.20 bits per heavy atom. The molecule has 0 aromatic carbocycles. The van der Waals surface area contributed by atoms with Gasteiger partial charge in [-0.2, -0.15) is 0 Å². The van der Waals surface area contributed by atoms with Gasteiger partial charge in [0.2, 0.25) is 0 Å². The summed E-state index contributed by atoms with van der Waals surface area (Å²) in [5, 5.41) is 10.2. The third-order valence-electron chi connectivity index (χ3n) is 5.50. The zero-order valence-corrected chi connectivity index (χ0v) is 13.1. The van der Waals surface area contributed by atoms with E-state index in [0.29, 0.717) is 6.04 Å². The molecule has 1 aromatic heterocycles. The molecule has 1 N–H and O–H groups in total. The van der Waals surface area contributed by atoms with E-state index in [9.17, 15) is 5.11 Å². The van der Waals surface area contributed by atoms with Crippen molar-refractivity contribution in [3.05, 3.63) is 23.0 Å². The lowest BCUT2D eigenvalue weighted by molar-refractivity contribution is 0.154. The van der Waals surface area contributed by atoms with Crippen LogP contribution in [0, 0.1) is 12.8 Å². The number of nitrogens with zero attached hydrogens (tertiary/aromatic N) is 1. The molecule has 1 aromatic rings. The van der Waals surface area contributed by atoms with E-state index in [-0.39, 0.29) is 6.10 Å². The highest BCUT2D eigenvalue weighted by Crippen LogP contribution is 2.40. The predicted molar refractivity (Wildman–Crippen MR) is 83.0 cm³/mol. The monoisotopic (exact) mass is 275 g/mol. The highest BCUT2D eigenvalue weighted by molar-refractivity contribution is 5.32. The zero-order chi connectivity index (χ0) is 14.1. The molecule has 20 heavy (non-hydrogen) atoms. The molecule has 1 fully saturated rings. The zero-order valence-electron chi connectivity index (χ0n) is 13.1. The van der Waals surface area contributed by atoms with Gasteiger partial charge in [-0.15, -0.1) is 0 Å². The van der Waals surface area contributed by atoms with E-state index >= 15 is 0 Å². The van der Waals surface area contributed by atoms with E-state index < -0.39 is 0 Å². The van der Waals surface area contributed by atoms with Gasteiger partial charge < -0.3 is 9.67 Å². The molecule has 0 bridgehead atoms. The van der Waals surface area contributed by atoms with Crippen LogP contribution in [0.25, 0.3) is 0 Å². The standard InChI is InChI=1S/C18H29NO/c1-3-5-14-8-10-15(11-9-14)19-13(2)12-16-17(19)6-4-7-18(16)20/h12,14-15,18,20H,3-11H2,1-2H3. The molecule has 1 unspecified atom stereocenters. The van der Waals surface area contributed by atoms with Gasteiger partial charge in [0.25, 0.3) is 0 Å². The molecule has 2 aliphatic carbocycles. The maximum absolute atomic E-state index is 10.2. The van der Waals surface area contributed by atoms with Gasteiger partial charge in [0, 0.05) is 23.0 Å². The second-order valence-electron chi connectivity index (χ2n) is 6.93. The molecule has 0 spiro atoms. The van der Waals surface area contributed by atoms with Crippen molar-refractivity contribution in [1.29, 1.82) is 0 Å². The Labute approximate surface area is 123 Å². The second-order valence-corrected chi connectivity index (χ2v) is 6.93. The van der Waals surface area contributed by atoms with Crippen LogP contribution in [0.2, 0.25) is 0 Å². The van der Waals surface area contributed by atoms with Gasteiger partial charge in [-0.3, -0.25) is 0 Å². The Morgan fingerprint density at radius 2 is 1.95 bits per heavy atom. The smallest absolute Gasteiger partial charge is 0.0807 e. The third kappa shape index (κ3) is 2.55. The minimum atomic E-state index is -0.213. The van der Waals surface area contributed by atoms with Crippen LogP contribution in [0.1, 0.15) is 87.4 Å². The van der Waals surface area contributed by atoms with Crippen LogP contribution in [-0.4, -0.2) is 9.67 Å². The summed E-state index contributed by atoms with van der Waals surface area (Å²) in [5.74, 6) is 0.966. The SMILES string of the molecule is CCCC1CCC(n2c(C)cc3c2CCCC3O)CC1. The topological polar surface area (TPSA) is 25.2 Å². The number of aliphatic hydroxyl groups excluding tert-OH is 1. The molecule has 112 valence electrons. The highest BCUT2D eigenvalue weighted by Gasteiger charge is 2.28. The Kier molecular flexibility index (Phi) is 4.21. The Balaban J connectivity index is 1.78. The predicted octanol–water partition coefficient (Wildman–Crippen LogP) is 4.70. The summed E-state index contributed by atoms with van der Waals surface area (Å²) >= 11 is 0. The fraction of sp³-hybridized carbons (Fsp3) is 0.778. The average molecular weight is 275 g/mol. The summed E-state index contributed by atoms with van der Waals surface area (Å²) in [7, 11) is 0. The summed E-state index contributed by atoms with van der Waals surface area (Å²) in [6, 6.07) is 2.94. The van der Waals surface area contributed by atoms with Crippen LogP contribution < -0.4 is 0 Å². The van der Waals surface area contributed by atoms with Gasteiger partial charge in [0.05, 0.1) is 6.10 Å². The molecule has 0 saturated heterocycles. The Bertz CT molecular complexity index is 454. The van der Waals surface area contributed by atoms with Gasteiger partial charge in [-0.25, -0.2) is 0 Å². The summed E-state index contributed by atoms with van der Waals surface area (Å²) in [4.78, 5) is 0. The van der Waals surface area contributed by atoms with E-state index in [1.807, 2.05) is 0 Å². The van der Waals surface area contributed by atoms with Crippen LogP contribution in [0.4, 0.5) is 0 Å². The third-order valence-corrected chi connectivity index (χ3v) is 5.50. The van der Waals surface area contributed by atoms with Crippen molar-refractivity contribution in [2.45, 2.75) is 83.8 Å². The Morgan fingerprint density at radius 3 is 2.65 bits per heavy atom. The summed E-state index contributed by atoms with van der Waals surface area (Å²) in [5.41, 5.74) is 4.04. The molecule has 1 saturated carbocycles. The normalized spacial score (nSPS) is 30.2. The van der Waals surface area contributed by atoms with E-state index in [4.69, 9.17) is 0 Å². The highest BCUT2D eigenvalue weighted by atomic mass is 16.3. The number of hydrogen-bond donors (Lipinski definition) is 1. The lowest BCUT2D eigenvalue weighted by atomic mass is 9.83. The number of aromatic nitrogens is 1. The summed E-state index contributed by atoms with van der Waals surface area (Å²) in [6.07, 6.45) is 11.2. The van der Waals surface area contributed by atoms with E-state index in [0.717, 1.165) is 25.2 Å². The number of aryl methyl sites for hydroxylation is 1. The number of aliphatic hydroxyl groups is 1. The quantitative estimate of drug-likeness (QED) is 0.850. The molecule has 0 radical (unpaired) electrons. The molecule has 0 aliphatic heterocycles. The van der Waals surface area contributed by atoms with Crippen molar-refractivity contribution in [3.63, 3.8) is 0 Å². The largest absolute Gasteiger partial charge is 0.388 e. The molecular formula is C18H29NO. The first kappa shape index (κ1) is 14.2. The van der Waals surface area contributed by atoms with Gasteiger partial charge in [0.1, 0.15) is 0 Å². The van der Waals surface area contributed by atoms with Gasteiger partial charge in [-0.05, 0) is 63.9 Å². The van der Waals surface area contributed by atoms with Crippen LogP contribution >= 0.6 is 0 Å². The molecule has 2 heteroatoms. The number of hydrogen-bond acceptors (Lipinski definition) is 1. The number of rotatable bonds is 3. The average Bonchev–Trinajstić information content (AvgIpc) is 2.78. The van der Waals surface area contributed by atoms with E-state index in [2.05, 4.69) is 24.5 Å². The van der Waals surface area contributed by atoms with Crippen molar-refractivity contribution in [3.8, 4) is 0 Å². The fourth-order valence-electron chi connectivity index (χ4n) is 4.51. The van der Waals surface area contributed by atoms with E-state index in [1.54, 1.807) is 0 Å². The first-order chi connectivity index (χ1) is 9.70. The minimum Gasteiger partial charge on any atom is -0.388 e. The lowest BCUT2D eigenvalue weighted by Gasteiger charge is -2.32. The van der Waals surface area contributed by atoms with Crippen LogP contribution in [-0.2, 0) is 6.42 Å². The summed E-state index contributed by atoms with van der Waals surface area (Å²) < 4.78 is 2.58. The van der Waals surface area contributed by atoms with Crippen LogP contribution in [0.5, 0.6) is 0 Å².